The van der Waals surface area contributed by atoms with Crippen LogP contribution in [0.3, 0.4) is 0 Å². The Kier molecular flexibility index (Phi) is 7.90. The molecule has 2 N–H and O–H groups in total. The molecule has 4 aliphatic carbocycles. The Hall–Kier alpha value is -1.63. The van der Waals surface area contributed by atoms with E-state index < -0.39 is 59.0 Å². The van der Waals surface area contributed by atoms with Crippen molar-refractivity contribution in [3.8, 4) is 0 Å². The SMILES string of the molecule is COC(OC)c1ccc([C@H]2C[C@@]3(C)C(CC[C@@]3(O)C(F)(F)C(F)(F)F)C3CC[C@@]4(O)CC5(CCC4=C32)OCC(C)(C)CO5)cc1. The van der Waals surface area contributed by atoms with E-state index in [1.54, 1.807) is 12.1 Å². The average Bonchev–Trinajstić information content (AvgIpc) is 3.26. The van der Waals surface area contributed by atoms with Gasteiger partial charge in [-0.15, -0.1) is 0 Å². The zero-order chi connectivity index (χ0) is 32.8. The Morgan fingerprint density at radius 1 is 0.889 bits per heavy atom. The summed E-state index contributed by atoms with van der Waals surface area (Å²) in [4.78, 5) is 0. The number of hydrogen-bond acceptors (Lipinski definition) is 6. The van der Waals surface area contributed by atoms with Crippen molar-refractivity contribution < 1.29 is 51.1 Å². The van der Waals surface area contributed by atoms with E-state index in [0.717, 1.165) is 16.7 Å². The quantitative estimate of drug-likeness (QED) is 0.201. The Morgan fingerprint density at radius 2 is 1.51 bits per heavy atom. The lowest BCUT2D eigenvalue weighted by atomic mass is 9.49. The van der Waals surface area contributed by atoms with E-state index in [-0.39, 0.29) is 30.6 Å². The van der Waals surface area contributed by atoms with Crippen molar-refractivity contribution in [3.05, 3.63) is 46.5 Å². The van der Waals surface area contributed by atoms with E-state index in [0.29, 0.717) is 44.5 Å². The predicted molar refractivity (Wildman–Crippen MR) is 154 cm³/mol. The molecular formula is C34H45F5O6. The molecule has 4 fully saturated rings. The van der Waals surface area contributed by atoms with Crippen LogP contribution >= 0.6 is 0 Å². The molecule has 1 aromatic carbocycles. The molecule has 0 bridgehead atoms. The van der Waals surface area contributed by atoms with Gasteiger partial charge < -0.3 is 29.2 Å². The number of alkyl halides is 5. The fraction of sp³-hybridized carbons (Fsp3) is 0.765. The fourth-order valence-electron chi connectivity index (χ4n) is 9.56. The number of benzene rings is 1. The van der Waals surface area contributed by atoms with Gasteiger partial charge in [-0.2, -0.15) is 22.0 Å². The van der Waals surface area contributed by atoms with Gasteiger partial charge >= 0.3 is 12.1 Å². The summed E-state index contributed by atoms with van der Waals surface area (Å²) >= 11 is 0. The van der Waals surface area contributed by atoms with Crippen molar-refractivity contribution in [2.45, 2.75) is 113 Å². The molecule has 5 aliphatic rings. The topological polar surface area (TPSA) is 77.4 Å². The van der Waals surface area contributed by atoms with Crippen LogP contribution in [0, 0.1) is 22.7 Å². The second-order valence-electron chi connectivity index (χ2n) is 15.2. The monoisotopic (exact) mass is 644 g/mol. The summed E-state index contributed by atoms with van der Waals surface area (Å²) in [5.74, 6) is -7.79. The van der Waals surface area contributed by atoms with Crippen LogP contribution in [0.15, 0.2) is 35.4 Å². The van der Waals surface area contributed by atoms with E-state index >= 15 is 8.78 Å². The fourth-order valence-corrected chi connectivity index (χ4v) is 9.56. The van der Waals surface area contributed by atoms with Gasteiger partial charge in [0.25, 0.3) is 0 Å². The zero-order valence-corrected chi connectivity index (χ0v) is 26.6. The van der Waals surface area contributed by atoms with E-state index in [1.165, 1.54) is 21.1 Å². The largest absolute Gasteiger partial charge is 0.456 e. The number of methoxy groups -OCH3 is 2. The maximum atomic E-state index is 15.3. The van der Waals surface area contributed by atoms with Gasteiger partial charge in [-0.05, 0) is 61.5 Å². The third-order valence-corrected chi connectivity index (χ3v) is 11.9. The molecule has 3 saturated carbocycles. The van der Waals surface area contributed by atoms with Gasteiger partial charge in [-0.3, -0.25) is 0 Å². The molecule has 45 heavy (non-hydrogen) atoms. The lowest BCUT2D eigenvalue weighted by Crippen LogP contribution is -2.65. The molecule has 0 radical (unpaired) electrons. The van der Waals surface area contributed by atoms with E-state index in [9.17, 15) is 23.4 Å². The van der Waals surface area contributed by atoms with E-state index in [1.807, 2.05) is 12.1 Å². The molecule has 6 atom stereocenters. The second-order valence-corrected chi connectivity index (χ2v) is 15.2. The number of fused-ring (bicyclic) bond motifs is 4. The average molecular weight is 645 g/mol. The summed E-state index contributed by atoms with van der Waals surface area (Å²) in [6.45, 7) is 6.50. The van der Waals surface area contributed by atoms with Gasteiger partial charge in [0.1, 0.15) is 5.60 Å². The van der Waals surface area contributed by atoms with Crippen LogP contribution in [0.2, 0.25) is 0 Å². The molecule has 1 heterocycles. The number of rotatable bonds is 5. The first-order valence-electron chi connectivity index (χ1n) is 15.9. The van der Waals surface area contributed by atoms with Crippen LogP contribution in [0.25, 0.3) is 0 Å². The number of ether oxygens (including phenoxy) is 4. The first-order valence-corrected chi connectivity index (χ1v) is 15.9. The molecule has 6 rings (SSSR count). The highest BCUT2D eigenvalue weighted by molar-refractivity contribution is 5.45. The Morgan fingerprint density at radius 3 is 2.09 bits per heavy atom. The normalized spacial score (nSPS) is 37.8. The predicted octanol–water partition coefficient (Wildman–Crippen LogP) is 7.20. The van der Waals surface area contributed by atoms with Crippen molar-refractivity contribution in [2.75, 3.05) is 27.4 Å². The first-order chi connectivity index (χ1) is 20.9. The highest BCUT2D eigenvalue weighted by Gasteiger charge is 2.79. The molecule has 11 heteroatoms. The van der Waals surface area contributed by atoms with E-state index in [2.05, 4.69) is 13.8 Å². The Bertz CT molecular complexity index is 1310. The summed E-state index contributed by atoms with van der Waals surface area (Å²) in [7, 11) is 3.00. The van der Waals surface area contributed by atoms with Crippen LogP contribution in [0.4, 0.5) is 22.0 Å². The molecular weight excluding hydrogens is 599 g/mol. The van der Waals surface area contributed by atoms with Gasteiger partial charge in [0.2, 0.25) is 0 Å². The minimum absolute atomic E-state index is 0.0405. The number of allylic oxidation sites excluding steroid dienone is 1. The smallest absolute Gasteiger partial charge is 0.385 e. The number of hydrogen-bond donors (Lipinski definition) is 2. The van der Waals surface area contributed by atoms with Crippen LogP contribution in [0.5, 0.6) is 0 Å². The number of halogens is 5. The third-order valence-electron chi connectivity index (χ3n) is 11.9. The van der Waals surface area contributed by atoms with Gasteiger partial charge in [0.05, 0.1) is 18.8 Å². The maximum absolute atomic E-state index is 15.3. The van der Waals surface area contributed by atoms with E-state index in [4.69, 9.17) is 18.9 Å². The van der Waals surface area contributed by atoms with Crippen molar-refractivity contribution in [2.24, 2.45) is 22.7 Å². The Labute approximate surface area is 261 Å². The molecule has 0 aromatic heterocycles. The first kappa shape index (κ1) is 33.3. The minimum atomic E-state index is -5.90. The van der Waals surface area contributed by atoms with Crippen LogP contribution in [0.1, 0.15) is 95.5 Å². The minimum Gasteiger partial charge on any atom is -0.385 e. The van der Waals surface area contributed by atoms with Gasteiger partial charge in [0.15, 0.2) is 12.1 Å². The van der Waals surface area contributed by atoms with Crippen LogP contribution < -0.4 is 0 Å². The highest BCUT2D eigenvalue weighted by atomic mass is 19.4. The molecule has 1 aromatic rings. The van der Waals surface area contributed by atoms with Crippen molar-refractivity contribution in [1.29, 1.82) is 0 Å². The summed E-state index contributed by atoms with van der Waals surface area (Å²) in [6.07, 6.45) is -5.36. The highest BCUT2D eigenvalue weighted by Crippen LogP contribution is 2.71. The standard InChI is InChI=1S/C34H45F5O6/c1-28(2)18-44-31(45-19-28)14-11-25-26-22(10-13-30(25,40)17-31)24-12-15-32(41,33(35,36)34(37,38)39)29(24,3)16-23(26)20-6-8-21(9-7-20)27(42-4)43-5/h6-9,22-24,27,40-41H,10-19H2,1-5H3/t22?,23-,24?,29+,30-,32+/m1/s1. The third kappa shape index (κ3) is 4.93. The molecule has 2 unspecified atom stereocenters. The van der Waals surface area contributed by atoms with Crippen molar-refractivity contribution >= 4 is 0 Å². The summed E-state index contributed by atoms with van der Waals surface area (Å²) in [5.41, 5.74) is -3.25. The molecule has 1 spiro atoms. The van der Waals surface area contributed by atoms with Crippen LogP contribution in [-0.4, -0.2) is 66.7 Å². The summed E-state index contributed by atoms with van der Waals surface area (Å²) in [6, 6.07) is 7.23. The molecule has 6 nitrogen and oxygen atoms in total. The maximum Gasteiger partial charge on any atom is 0.456 e. The summed E-state index contributed by atoms with van der Waals surface area (Å²) < 4.78 is 95.6. The van der Waals surface area contributed by atoms with Gasteiger partial charge in [-0.25, -0.2) is 0 Å². The van der Waals surface area contributed by atoms with Crippen LogP contribution in [-0.2, 0) is 18.9 Å². The lowest BCUT2D eigenvalue weighted by Gasteiger charge is -2.59. The zero-order valence-electron chi connectivity index (χ0n) is 26.6. The number of aliphatic hydroxyl groups is 2. The van der Waals surface area contributed by atoms with Crippen molar-refractivity contribution in [3.63, 3.8) is 0 Å². The van der Waals surface area contributed by atoms with Gasteiger partial charge in [0, 0.05) is 49.4 Å². The molecule has 1 saturated heterocycles. The molecule has 252 valence electrons. The molecule has 1 aliphatic heterocycles. The van der Waals surface area contributed by atoms with Gasteiger partial charge in [-0.1, -0.05) is 50.6 Å². The molecule has 0 amide bonds. The Balaban J connectivity index is 1.45. The lowest BCUT2D eigenvalue weighted by molar-refractivity contribution is -0.362. The second kappa shape index (κ2) is 10.7. The van der Waals surface area contributed by atoms with Crippen molar-refractivity contribution in [1.82, 2.24) is 0 Å². The summed E-state index contributed by atoms with van der Waals surface area (Å²) in [5, 5.41) is 23.8.